The second-order valence-electron chi connectivity index (χ2n) is 7.47. The fourth-order valence-corrected chi connectivity index (χ4v) is 3.09. The third kappa shape index (κ3) is 6.04. The van der Waals surface area contributed by atoms with Gasteiger partial charge in [-0.15, -0.1) is 0 Å². The number of rotatable bonds is 6. The van der Waals surface area contributed by atoms with Crippen molar-refractivity contribution in [2.24, 2.45) is 0 Å². The largest absolute Gasteiger partial charge is 0.340 e. The van der Waals surface area contributed by atoms with Gasteiger partial charge in [0.1, 0.15) is 11.6 Å². The van der Waals surface area contributed by atoms with Gasteiger partial charge in [-0.1, -0.05) is 29.8 Å². The van der Waals surface area contributed by atoms with Crippen LogP contribution < -0.4 is 21.3 Å². The average molecular weight is 442 g/mol. The maximum Gasteiger partial charge on any atom is 0.323 e. The molecular formula is C25H23FN6O. The molecule has 166 valence electrons. The Hall–Kier alpha value is -4.46. The van der Waals surface area contributed by atoms with Gasteiger partial charge in [0, 0.05) is 28.8 Å². The maximum absolute atomic E-state index is 13.7. The molecule has 0 saturated carbocycles. The number of hydrogen-bond donors (Lipinski definition) is 4. The van der Waals surface area contributed by atoms with Gasteiger partial charge in [-0.05, 0) is 62.4 Å². The van der Waals surface area contributed by atoms with Crippen LogP contribution >= 0.6 is 0 Å². The molecule has 3 aromatic carbocycles. The highest BCUT2D eigenvalue weighted by molar-refractivity contribution is 5.99. The normalized spacial score (nSPS) is 10.4. The summed E-state index contributed by atoms with van der Waals surface area (Å²) in [6.45, 7) is 3.94. The van der Waals surface area contributed by atoms with Gasteiger partial charge in [0.05, 0.1) is 5.69 Å². The number of nitrogens with zero attached hydrogens (tertiary/aromatic N) is 2. The quantitative estimate of drug-likeness (QED) is 0.279. The number of anilines is 6. The monoisotopic (exact) mass is 442 g/mol. The highest BCUT2D eigenvalue weighted by atomic mass is 19.1. The number of aryl methyl sites for hydroxylation is 2. The molecule has 33 heavy (non-hydrogen) atoms. The SMILES string of the molecule is Cc1ccc(Nc2cc(C)nc(Nc3ccc(NC(=O)Nc4ccccc4F)cc3)n2)cc1. The molecule has 0 aliphatic carbocycles. The molecule has 4 aromatic rings. The van der Waals surface area contributed by atoms with Crippen LogP contribution in [0.15, 0.2) is 78.9 Å². The summed E-state index contributed by atoms with van der Waals surface area (Å²) in [5.74, 6) is 0.626. The van der Waals surface area contributed by atoms with Crippen molar-refractivity contribution in [3.63, 3.8) is 0 Å². The van der Waals surface area contributed by atoms with Gasteiger partial charge < -0.3 is 21.3 Å². The Morgan fingerprint density at radius 1 is 0.758 bits per heavy atom. The fourth-order valence-electron chi connectivity index (χ4n) is 3.09. The molecule has 0 atom stereocenters. The average Bonchev–Trinajstić information content (AvgIpc) is 2.78. The van der Waals surface area contributed by atoms with Crippen LogP contribution in [0, 0.1) is 19.7 Å². The molecule has 0 aliphatic rings. The first-order valence-electron chi connectivity index (χ1n) is 10.3. The van der Waals surface area contributed by atoms with E-state index in [2.05, 4.69) is 31.2 Å². The lowest BCUT2D eigenvalue weighted by molar-refractivity contribution is 0.262. The van der Waals surface area contributed by atoms with Crippen molar-refractivity contribution < 1.29 is 9.18 Å². The van der Waals surface area contributed by atoms with E-state index in [4.69, 9.17) is 0 Å². The Morgan fingerprint density at radius 2 is 1.39 bits per heavy atom. The number of aromatic nitrogens is 2. The number of para-hydroxylation sites is 1. The second kappa shape index (κ2) is 9.78. The summed E-state index contributed by atoms with van der Waals surface area (Å²) in [5.41, 5.74) is 4.35. The third-order valence-corrected chi connectivity index (χ3v) is 4.70. The minimum absolute atomic E-state index is 0.111. The summed E-state index contributed by atoms with van der Waals surface area (Å²) in [6, 6.07) is 22.4. The second-order valence-corrected chi connectivity index (χ2v) is 7.47. The molecule has 4 rings (SSSR count). The van der Waals surface area contributed by atoms with E-state index in [1.807, 2.05) is 44.2 Å². The Morgan fingerprint density at radius 3 is 2.12 bits per heavy atom. The smallest absolute Gasteiger partial charge is 0.323 e. The number of benzene rings is 3. The van der Waals surface area contributed by atoms with E-state index in [1.54, 1.807) is 36.4 Å². The molecule has 1 heterocycles. The first kappa shape index (κ1) is 21.8. The lowest BCUT2D eigenvalue weighted by atomic mass is 10.2. The van der Waals surface area contributed by atoms with Crippen molar-refractivity contribution in [3.8, 4) is 0 Å². The van der Waals surface area contributed by atoms with Gasteiger partial charge in [-0.25, -0.2) is 14.2 Å². The van der Waals surface area contributed by atoms with E-state index >= 15 is 0 Å². The van der Waals surface area contributed by atoms with Gasteiger partial charge in [-0.3, -0.25) is 0 Å². The third-order valence-electron chi connectivity index (χ3n) is 4.70. The standard InChI is InChI=1S/C25H23FN6O/c1-16-7-9-18(10-8-16)28-23-15-17(2)27-24(32-23)29-19-11-13-20(14-12-19)30-25(33)31-22-6-4-3-5-21(22)26/h3-15H,1-2H3,(H2,30,31,33)(H2,27,28,29,32). The van der Waals surface area contributed by atoms with E-state index in [0.29, 0.717) is 17.5 Å². The Kier molecular flexibility index (Phi) is 6.45. The van der Waals surface area contributed by atoms with Crippen molar-refractivity contribution in [1.29, 1.82) is 0 Å². The van der Waals surface area contributed by atoms with Crippen LogP contribution in [-0.2, 0) is 0 Å². The van der Waals surface area contributed by atoms with Crippen molar-refractivity contribution in [3.05, 3.63) is 95.9 Å². The van der Waals surface area contributed by atoms with Crippen molar-refractivity contribution in [2.75, 3.05) is 21.3 Å². The Bertz CT molecular complexity index is 1260. The van der Waals surface area contributed by atoms with Crippen molar-refractivity contribution in [1.82, 2.24) is 9.97 Å². The summed E-state index contributed by atoms with van der Waals surface area (Å²) in [4.78, 5) is 21.1. The van der Waals surface area contributed by atoms with Gasteiger partial charge in [0.25, 0.3) is 0 Å². The first-order chi connectivity index (χ1) is 15.9. The first-order valence-corrected chi connectivity index (χ1v) is 10.3. The van der Waals surface area contributed by atoms with Crippen LogP contribution in [0.4, 0.5) is 43.7 Å². The molecule has 1 aromatic heterocycles. The number of halogens is 1. The van der Waals surface area contributed by atoms with Gasteiger partial charge in [0.15, 0.2) is 0 Å². The minimum atomic E-state index is -0.533. The molecule has 0 saturated heterocycles. The van der Waals surface area contributed by atoms with Gasteiger partial charge in [-0.2, -0.15) is 4.98 Å². The molecule has 0 fully saturated rings. The van der Waals surface area contributed by atoms with Crippen LogP contribution in [0.1, 0.15) is 11.3 Å². The Labute approximate surface area is 191 Å². The van der Waals surface area contributed by atoms with Crippen LogP contribution in [-0.4, -0.2) is 16.0 Å². The van der Waals surface area contributed by atoms with Crippen LogP contribution in [0.5, 0.6) is 0 Å². The fraction of sp³-hybridized carbons (Fsp3) is 0.0800. The maximum atomic E-state index is 13.7. The number of nitrogens with one attached hydrogen (secondary N) is 4. The summed E-state index contributed by atoms with van der Waals surface area (Å²) >= 11 is 0. The number of carbonyl (C=O) groups excluding carboxylic acids is 1. The van der Waals surface area contributed by atoms with E-state index in [1.165, 1.54) is 17.7 Å². The van der Waals surface area contributed by atoms with Crippen molar-refractivity contribution >= 4 is 40.5 Å². The molecule has 4 N–H and O–H groups in total. The molecule has 0 unspecified atom stereocenters. The molecule has 0 aliphatic heterocycles. The molecule has 0 bridgehead atoms. The predicted molar refractivity (Wildman–Crippen MR) is 130 cm³/mol. The van der Waals surface area contributed by atoms with E-state index in [0.717, 1.165) is 17.1 Å². The lowest BCUT2D eigenvalue weighted by Gasteiger charge is -2.11. The molecule has 0 spiro atoms. The van der Waals surface area contributed by atoms with Crippen LogP contribution in [0.2, 0.25) is 0 Å². The van der Waals surface area contributed by atoms with Gasteiger partial charge in [0.2, 0.25) is 5.95 Å². The van der Waals surface area contributed by atoms with E-state index in [9.17, 15) is 9.18 Å². The van der Waals surface area contributed by atoms with Gasteiger partial charge >= 0.3 is 6.03 Å². The molecule has 0 radical (unpaired) electrons. The van der Waals surface area contributed by atoms with Crippen molar-refractivity contribution in [2.45, 2.75) is 13.8 Å². The highest BCUT2D eigenvalue weighted by Gasteiger charge is 2.07. The molecular weight excluding hydrogens is 419 g/mol. The summed E-state index contributed by atoms with van der Waals surface area (Å²) < 4.78 is 13.7. The minimum Gasteiger partial charge on any atom is -0.340 e. The predicted octanol–water partition coefficient (Wildman–Crippen LogP) is 6.36. The summed E-state index contributed by atoms with van der Waals surface area (Å²) in [6.07, 6.45) is 0. The zero-order valence-corrected chi connectivity index (χ0v) is 18.2. The lowest BCUT2D eigenvalue weighted by Crippen LogP contribution is -2.20. The highest BCUT2D eigenvalue weighted by Crippen LogP contribution is 2.21. The number of carbonyl (C=O) groups is 1. The summed E-state index contributed by atoms with van der Waals surface area (Å²) in [5, 5.41) is 11.6. The number of urea groups is 1. The molecule has 7 nitrogen and oxygen atoms in total. The van der Waals surface area contributed by atoms with E-state index in [-0.39, 0.29) is 5.69 Å². The Balaban J connectivity index is 1.39. The summed E-state index contributed by atoms with van der Waals surface area (Å²) in [7, 11) is 0. The number of amides is 2. The molecule has 2 amide bonds. The zero-order chi connectivity index (χ0) is 23.2. The number of hydrogen-bond acceptors (Lipinski definition) is 5. The van der Waals surface area contributed by atoms with E-state index < -0.39 is 11.8 Å². The zero-order valence-electron chi connectivity index (χ0n) is 18.2. The van der Waals surface area contributed by atoms with Crippen LogP contribution in [0.25, 0.3) is 0 Å². The van der Waals surface area contributed by atoms with Crippen LogP contribution in [0.3, 0.4) is 0 Å². The topological polar surface area (TPSA) is 91.0 Å². The molecule has 8 heteroatoms.